The van der Waals surface area contributed by atoms with E-state index in [1.165, 1.54) is 0 Å². The van der Waals surface area contributed by atoms with Crippen molar-refractivity contribution in [1.82, 2.24) is 0 Å². The first-order valence-electron chi connectivity index (χ1n) is 4.35. The maximum atomic E-state index is 11.0. The lowest BCUT2D eigenvalue weighted by Crippen LogP contribution is -2.28. The Bertz CT molecular complexity index is 323. The van der Waals surface area contributed by atoms with E-state index in [1.54, 1.807) is 0 Å². The summed E-state index contributed by atoms with van der Waals surface area (Å²) in [5.41, 5.74) is 0. The SMILES string of the molecule is O=C1CC(OC2CC(O)OC2=O)C(=O)O1. The average molecular weight is 216 g/mol. The largest absolute Gasteiger partial charge is 0.434 e. The van der Waals surface area contributed by atoms with E-state index in [0.717, 1.165) is 0 Å². The Morgan fingerprint density at radius 1 is 1.20 bits per heavy atom. The zero-order valence-electron chi connectivity index (χ0n) is 7.54. The van der Waals surface area contributed by atoms with Crippen molar-refractivity contribution in [3.8, 4) is 0 Å². The highest BCUT2D eigenvalue weighted by Gasteiger charge is 2.42. The molecule has 0 saturated carbocycles. The van der Waals surface area contributed by atoms with E-state index in [-0.39, 0.29) is 12.8 Å². The number of hydrogen-bond acceptors (Lipinski definition) is 7. The molecule has 1 N–H and O–H groups in total. The minimum Gasteiger partial charge on any atom is -0.434 e. The summed E-state index contributed by atoms with van der Waals surface area (Å²) in [7, 11) is 0. The third-order valence-electron chi connectivity index (χ3n) is 2.09. The molecule has 15 heavy (non-hydrogen) atoms. The fourth-order valence-corrected chi connectivity index (χ4v) is 1.40. The van der Waals surface area contributed by atoms with Crippen molar-refractivity contribution >= 4 is 17.9 Å². The van der Waals surface area contributed by atoms with Gasteiger partial charge in [0.15, 0.2) is 12.2 Å². The number of rotatable bonds is 2. The van der Waals surface area contributed by atoms with Crippen molar-refractivity contribution in [2.75, 3.05) is 0 Å². The number of esters is 3. The molecule has 0 amide bonds. The normalized spacial score (nSPS) is 35.5. The lowest BCUT2D eigenvalue weighted by atomic mass is 10.2. The lowest BCUT2D eigenvalue weighted by molar-refractivity contribution is -0.163. The van der Waals surface area contributed by atoms with Gasteiger partial charge in [-0.2, -0.15) is 0 Å². The molecule has 0 aliphatic carbocycles. The van der Waals surface area contributed by atoms with Crippen LogP contribution in [0.2, 0.25) is 0 Å². The van der Waals surface area contributed by atoms with Gasteiger partial charge in [0, 0.05) is 6.42 Å². The van der Waals surface area contributed by atoms with Crippen molar-refractivity contribution in [1.29, 1.82) is 0 Å². The van der Waals surface area contributed by atoms with Crippen LogP contribution in [0.4, 0.5) is 0 Å². The van der Waals surface area contributed by atoms with Crippen molar-refractivity contribution in [2.45, 2.75) is 31.3 Å². The summed E-state index contributed by atoms with van der Waals surface area (Å²) in [4.78, 5) is 32.7. The van der Waals surface area contributed by atoms with Gasteiger partial charge in [0.2, 0.25) is 6.29 Å². The highest BCUT2D eigenvalue weighted by molar-refractivity contribution is 5.96. The molecule has 7 nitrogen and oxygen atoms in total. The maximum absolute atomic E-state index is 11.0. The Hall–Kier alpha value is -1.47. The molecule has 0 bridgehead atoms. The Labute approximate surface area is 83.9 Å². The second-order valence-electron chi connectivity index (χ2n) is 3.24. The second-order valence-corrected chi connectivity index (χ2v) is 3.24. The molecule has 2 saturated heterocycles. The number of ether oxygens (including phenoxy) is 3. The van der Waals surface area contributed by atoms with Crippen molar-refractivity contribution < 1.29 is 33.7 Å². The van der Waals surface area contributed by atoms with E-state index in [9.17, 15) is 14.4 Å². The highest BCUT2D eigenvalue weighted by atomic mass is 16.7. The Balaban J connectivity index is 1.95. The number of carbonyl (C=O) groups is 3. The average Bonchev–Trinajstić information content (AvgIpc) is 2.58. The van der Waals surface area contributed by atoms with E-state index in [2.05, 4.69) is 9.47 Å². The van der Waals surface area contributed by atoms with Gasteiger partial charge in [-0.25, -0.2) is 9.59 Å². The minimum atomic E-state index is -1.21. The summed E-state index contributed by atoms with van der Waals surface area (Å²) in [6.45, 7) is 0. The van der Waals surface area contributed by atoms with Crippen molar-refractivity contribution in [3.05, 3.63) is 0 Å². The predicted molar refractivity (Wildman–Crippen MR) is 41.1 cm³/mol. The molecule has 0 spiro atoms. The summed E-state index contributed by atoms with van der Waals surface area (Å²) < 4.78 is 13.6. The summed E-state index contributed by atoms with van der Waals surface area (Å²) in [6, 6.07) is 0. The first-order chi connectivity index (χ1) is 7.06. The van der Waals surface area contributed by atoms with Gasteiger partial charge in [-0.1, -0.05) is 0 Å². The Morgan fingerprint density at radius 3 is 2.40 bits per heavy atom. The van der Waals surface area contributed by atoms with Crippen LogP contribution < -0.4 is 0 Å². The molecule has 7 heteroatoms. The molecule has 3 atom stereocenters. The summed E-state index contributed by atoms with van der Waals surface area (Å²) >= 11 is 0. The molecular formula is C8H8O7. The van der Waals surface area contributed by atoms with E-state index in [0.29, 0.717) is 0 Å². The fraction of sp³-hybridized carbons (Fsp3) is 0.625. The van der Waals surface area contributed by atoms with Crippen LogP contribution in [0.25, 0.3) is 0 Å². The van der Waals surface area contributed by atoms with Crippen LogP contribution in [0, 0.1) is 0 Å². The van der Waals surface area contributed by atoms with E-state index >= 15 is 0 Å². The van der Waals surface area contributed by atoms with Crippen LogP contribution in [0.3, 0.4) is 0 Å². The molecule has 3 unspecified atom stereocenters. The molecule has 2 aliphatic rings. The van der Waals surface area contributed by atoms with Gasteiger partial charge >= 0.3 is 17.9 Å². The Kier molecular flexibility index (Phi) is 2.41. The molecular weight excluding hydrogens is 208 g/mol. The van der Waals surface area contributed by atoms with Crippen LogP contribution in [0.5, 0.6) is 0 Å². The van der Waals surface area contributed by atoms with Gasteiger partial charge in [-0.3, -0.25) is 4.79 Å². The second kappa shape index (κ2) is 3.59. The number of carbonyl (C=O) groups excluding carboxylic acids is 3. The van der Waals surface area contributed by atoms with Crippen LogP contribution in [-0.4, -0.2) is 41.5 Å². The van der Waals surface area contributed by atoms with Gasteiger partial charge in [-0.05, 0) is 0 Å². The quantitative estimate of drug-likeness (QED) is 0.442. The molecule has 2 heterocycles. The number of hydrogen-bond donors (Lipinski definition) is 1. The summed E-state index contributed by atoms with van der Waals surface area (Å²) in [6.07, 6.45) is -3.55. The smallest absolute Gasteiger partial charge is 0.343 e. The zero-order valence-corrected chi connectivity index (χ0v) is 7.54. The number of aliphatic hydroxyl groups excluding tert-OH is 1. The van der Waals surface area contributed by atoms with Gasteiger partial charge in [0.1, 0.15) is 0 Å². The predicted octanol–water partition coefficient (Wildman–Crippen LogP) is -1.52. The summed E-state index contributed by atoms with van der Waals surface area (Å²) in [5, 5.41) is 8.96. The third-order valence-corrected chi connectivity index (χ3v) is 2.09. The van der Waals surface area contributed by atoms with Crippen LogP contribution in [0.1, 0.15) is 12.8 Å². The first kappa shape index (κ1) is 10.1. The van der Waals surface area contributed by atoms with Crippen molar-refractivity contribution in [3.63, 3.8) is 0 Å². The van der Waals surface area contributed by atoms with E-state index in [1.807, 2.05) is 0 Å². The van der Waals surface area contributed by atoms with E-state index in [4.69, 9.17) is 9.84 Å². The van der Waals surface area contributed by atoms with Gasteiger partial charge in [-0.15, -0.1) is 0 Å². The molecule has 0 radical (unpaired) electrons. The van der Waals surface area contributed by atoms with Crippen LogP contribution >= 0.6 is 0 Å². The first-order valence-corrected chi connectivity index (χ1v) is 4.35. The highest BCUT2D eigenvalue weighted by Crippen LogP contribution is 2.21. The van der Waals surface area contributed by atoms with Gasteiger partial charge in [0.05, 0.1) is 6.42 Å². The summed E-state index contributed by atoms with van der Waals surface area (Å²) in [5.74, 6) is -2.24. The molecule has 2 fully saturated rings. The van der Waals surface area contributed by atoms with E-state index < -0.39 is 36.4 Å². The maximum Gasteiger partial charge on any atom is 0.343 e. The number of aliphatic hydroxyl groups is 1. The minimum absolute atomic E-state index is 0.0448. The topological polar surface area (TPSA) is 99.1 Å². The molecule has 82 valence electrons. The molecule has 2 aliphatic heterocycles. The van der Waals surface area contributed by atoms with Crippen LogP contribution in [-0.2, 0) is 28.6 Å². The van der Waals surface area contributed by atoms with Gasteiger partial charge in [0.25, 0.3) is 0 Å². The van der Waals surface area contributed by atoms with Crippen LogP contribution in [0.15, 0.2) is 0 Å². The van der Waals surface area contributed by atoms with Gasteiger partial charge < -0.3 is 19.3 Å². The molecule has 0 aromatic carbocycles. The molecule has 0 aromatic heterocycles. The fourth-order valence-electron chi connectivity index (χ4n) is 1.40. The van der Waals surface area contributed by atoms with Crippen molar-refractivity contribution in [2.24, 2.45) is 0 Å². The molecule has 0 aromatic rings. The molecule has 2 rings (SSSR count). The zero-order chi connectivity index (χ0) is 11.0. The number of cyclic esters (lactones) is 3. The Morgan fingerprint density at radius 2 is 1.93 bits per heavy atom. The third kappa shape index (κ3) is 1.97. The standard InChI is InChI=1S/C8H8O7/c9-5-1-3(7(11)14-5)13-4-2-6(10)15-8(4)12/h3-5,9H,1-2H2. The monoisotopic (exact) mass is 216 g/mol. The lowest BCUT2D eigenvalue weighted by Gasteiger charge is -2.09.